The van der Waals surface area contributed by atoms with Crippen LogP contribution in [0.25, 0.3) is 0 Å². The monoisotopic (exact) mass is 344 g/mol. The first kappa shape index (κ1) is 17.3. The number of methoxy groups -OCH3 is 1. The fourth-order valence-electron chi connectivity index (χ4n) is 2.25. The maximum atomic E-state index is 12.2. The van der Waals surface area contributed by atoms with Crippen LogP contribution in [0.3, 0.4) is 0 Å². The van der Waals surface area contributed by atoms with Crippen LogP contribution in [0.2, 0.25) is 0 Å². The molecule has 2 rings (SSSR count). The minimum Gasteiger partial charge on any atom is -0.461 e. The average Bonchev–Trinajstić information content (AvgIpc) is 2.54. The summed E-state index contributed by atoms with van der Waals surface area (Å²) in [5, 5.41) is 2.03. The van der Waals surface area contributed by atoms with Crippen molar-refractivity contribution in [2.75, 3.05) is 26.3 Å². The van der Waals surface area contributed by atoms with Gasteiger partial charge in [-0.2, -0.15) is 0 Å². The first-order chi connectivity index (χ1) is 11.0. The van der Waals surface area contributed by atoms with Crippen molar-refractivity contribution in [3.05, 3.63) is 11.3 Å². The molecule has 2 atom stereocenters. The Balaban J connectivity index is 2.24. The van der Waals surface area contributed by atoms with Gasteiger partial charge < -0.3 is 19.5 Å². The van der Waals surface area contributed by atoms with Crippen LogP contribution in [0.15, 0.2) is 11.3 Å². The lowest BCUT2D eigenvalue weighted by molar-refractivity contribution is -0.158. The fraction of sp³-hybridized carbons (Fsp3) is 0.538. The van der Waals surface area contributed by atoms with Crippen LogP contribution in [0.5, 0.6) is 0 Å². The summed E-state index contributed by atoms with van der Waals surface area (Å²) in [4.78, 5) is 47.2. The van der Waals surface area contributed by atoms with Gasteiger partial charge in [-0.15, -0.1) is 11.8 Å². The number of carbonyl (C=O) groups is 4. The van der Waals surface area contributed by atoms with E-state index in [2.05, 4.69) is 10.1 Å². The highest BCUT2D eigenvalue weighted by molar-refractivity contribution is 8.00. The van der Waals surface area contributed by atoms with Crippen molar-refractivity contribution in [1.29, 1.82) is 0 Å². The molecule has 0 spiro atoms. The molecule has 1 saturated heterocycles. The highest BCUT2D eigenvalue weighted by atomic mass is 32.2. The summed E-state index contributed by atoms with van der Waals surface area (Å²) in [5.41, 5.74) is 0.515. The van der Waals surface area contributed by atoms with E-state index >= 15 is 0 Å². The molecule has 9 nitrogen and oxygen atoms in total. The van der Waals surface area contributed by atoms with Crippen molar-refractivity contribution in [1.82, 2.24) is 10.2 Å². The molecule has 0 aliphatic carbocycles. The highest BCUT2D eigenvalue weighted by Crippen LogP contribution is 2.40. The van der Waals surface area contributed by atoms with E-state index in [1.165, 1.54) is 30.7 Å². The number of ether oxygens (including phenoxy) is 3. The van der Waals surface area contributed by atoms with E-state index < -0.39 is 23.9 Å². The lowest BCUT2D eigenvalue weighted by Crippen LogP contribution is -2.69. The average molecular weight is 344 g/mol. The van der Waals surface area contributed by atoms with Gasteiger partial charge in [-0.1, -0.05) is 0 Å². The molecule has 0 aromatic carbocycles. The number of thioether (sulfide) groups is 1. The molecule has 1 fully saturated rings. The van der Waals surface area contributed by atoms with Gasteiger partial charge in [0.1, 0.15) is 23.7 Å². The molecule has 0 radical (unpaired) electrons. The van der Waals surface area contributed by atoms with Crippen molar-refractivity contribution in [2.45, 2.75) is 18.3 Å². The van der Waals surface area contributed by atoms with Crippen molar-refractivity contribution < 1.29 is 33.4 Å². The Labute approximate surface area is 136 Å². The summed E-state index contributed by atoms with van der Waals surface area (Å²) in [7, 11) is 1.36. The Morgan fingerprint density at radius 2 is 2.17 bits per heavy atom. The molecule has 10 heteroatoms. The maximum absolute atomic E-state index is 12.2. The number of nitrogens with one attached hydrogen (secondary N) is 1. The standard InChI is InChI=1S/C13H16N2O7S/c1-7(17)21-3-8-4-23-12-9(14-5-16)11(18)15(12)10(8)13(19)22-6-20-2/h5,9,12H,3-4,6H2,1-2H3,(H,14,16)/t9-,12-/m1/s1. The van der Waals surface area contributed by atoms with Gasteiger partial charge in [-0.3, -0.25) is 19.3 Å². The molecule has 2 heterocycles. The zero-order valence-corrected chi connectivity index (χ0v) is 13.4. The summed E-state index contributed by atoms with van der Waals surface area (Å²) in [5.74, 6) is -1.28. The Morgan fingerprint density at radius 1 is 1.43 bits per heavy atom. The zero-order chi connectivity index (χ0) is 17.0. The van der Waals surface area contributed by atoms with Gasteiger partial charge in [-0.05, 0) is 0 Å². The third kappa shape index (κ3) is 3.48. The van der Waals surface area contributed by atoms with Gasteiger partial charge in [0.25, 0.3) is 5.91 Å². The van der Waals surface area contributed by atoms with Crippen LogP contribution in [0.4, 0.5) is 0 Å². The van der Waals surface area contributed by atoms with Crippen LogP contribution >= 0.6 is 11.8 Å². The molecule has 126 valence electrons. The first-order valence-corrected chi connectivity index (χ1v) is 7.72. The second-order valence-electron chi connectivity index (χ2n) is 4.74. The van der Waals surface area contributed by atoms with Crippen molar-refractivity contribution in [2.24, 2.45) is 0 Å². The highest BCUT2D eigenvalue weighted by Gasteiger charge is 2.53. The van der Waals surface area contributed by atoms with E-state index in [1.54, 1.807) is 0 Å². The van der Waals surface area contributed by atoms with Gasteiger partial charge in [0.2, 0.25) is 6.41 Å². The summed E-state index contributed by atoms with van der Waals surface area (Å²) in [6.07, 6.45) is 0.446. The molecule has 0 bridgehead atoms. The van der Waals surface area contributed by atoms with Gasteiger partial charge in [0.15, 0.2) is 6.79 Å². The first-order valence-electron chi connectivity index (χ1n) is 6.67. The van der Waals surface area contributed by atoms with E-state index in [0.717, 1.165) is 0 Å². The molecule has 0 aromatic rings. The van der Waals surface area contributed by atoms with E-state index in [1.807, 2.05) is 0 Å². The quantitative estimate of drug-likeness (QED) is 0.270. The largest absolute Gasteiger partial charge is 0.461 e. The zero-order valence-electron chi connectivity index (χ0n) is 12.6. The van der Waals surface area contributed by atoms with E-state index in [-0.39, 0.29) is 24.5 Å². The molecule has 0 saturated carbocycles. The molecule has 2 amide bonds. The molecule has 23 heavy (non-hydrogen) atoms. The predicted molar refractivity (Wildman–Crippen MR) is 77.7 cm³/mol. The SMILES string of the molecule is COCOC(=O)C1=C(COC(C)=O)CS[C@@H]2[C@H](NC=O)C(=O)N12. The number of β-lactam (4-membered cyclic amide) rings is 1. The number of hydrogen-bond donors (Lipinski definition) is 1. The van der Waals surface area contributed by atoms with Crippen molar-refractivity contribution >= 4 is 36.0 Å². The van der Waals surface area contributed by atoms with E-state index in [0.29, 0.717) is 17.7 Å². The molecule has 0 unspecified atom stereocenters. The Hall–Kier alpha value is -2.07. The third-order valence-corrected chi connectivity index (χ3v) is 4.59. The number of esters is 2. The maximum Gasteiger partial charge on any atom is 0.357 e. The van der Waals surface area contributed by atoms with Gasteiger partial charge in [0, 0.05) is 25.4 Å². The lowest BCUT2D eigenvalue weighted by atomic mass is 10.0. The topological polar surface area (TPSA) is 111 Å². The van der Waals surface area contributed by atoms with Crippen LogP contribution < -0.4 is 5.32 Å². The summed E-state index contributed by atoms with van der Waals surface area (Å²) in [6.45, 7) is 0.877. The third-order valence-electron chi connectivity index (χ3n) is 3.25. The minimum atomic E-state index is -0.739. The van der Waals surface area contributed by atoms with Crippen LogP contribution in [-0.4, -0.2) is 66.8 Å². The second kappa shape index (κ2) is 7.47. The van der Waals surface area contributed by atoms with E-state index in [4.69, 9.17) is 9.47 Å². The van der Waals surface area contributed by atoms with Crippen LogP contribution in [-0.2, 0) is 33.4 Å². The van der Waals surface area contributed by atoms with Gasteiger partial charge in [-0.25, -0.2) is 4.79 Å². The minimum absolute atomic E-state index is 0.0426. The Kier molecular flexibility index (Phi) is 5.61. The van der Waals surface area contributed by atoms with Gasteiger partial charge >= 0.3 is 11.9 Å². The normalized spacial score (nSPS) is 22.9. The number of carbonyl (C=O) groups excluding carboxylic acids is 4. The molecule has 2 aliphatic rings. The van der Waals surface area contributed by atoms with Crippen molar-refractivity contribution in [3.63, 3.8) is 0 Å². The van der Waals surface area contributed by atoms with Crippen LogP contribution in [0.1, 0.15) is 6.92 Å². The number of rotatable bonds is 7. The van der Waals surface area contributed by atoms with Gasteiger partial charge in [0.05, 0.1) is 0 Å². The molecule has 1 N–H and O–H groups in total. The summed E-state index contributed by atoms with van der Waals surface area (Å²) in [6, 6.07) is -0.682. The number of fused-ring (bicyclic) bond motifs is 1. The smallest absolute Gasteiger partial charge is 0.357 e. The molecular formula is C13H16N2O7S. The number of nitrogens with zero attached hydrogens (tertiary/aromatic N) is 1. The van der Waals surface area contributed by atoms with E-state index in [9.17, 15) is 19.2 Å². The fourth-order valence-corrected chi connectivity index (χ4v) is 3.58. The second-order valence-corrected chi connectivity index (χ2v) is 5.85. The Morgan fingerprint density at radius 3 is 2.78 bits per heavy atom. The summed E-state index contributed by atoms with van der Waals surface area (Å²) >= 11 is 1.37. The molecule has 2 aliphatic heterocycles. The number of hydrogen-bond acceptors (Lipinski definition) is 8. The number of amides is 2. The van der Waals surface area contributed by atoms with Crippen molar-refractivity contribution in [3.8, 4) is 0 Å². The molecular weight excluding hydrogens is 328 g/mol. The summed E-state index contributed by atoms with van der Waals surface area (Å²) < 4.78 is 14.5. The predicted octanol–water partition coefficient (Wildman–Crippen LogP) is -1.02. The Bertz CT molecular complexity index is 563. The molecule has 0 aromatic heterocycles. The van der Waals surface area contributed by atoms with Crippen LogP contribution in [0, 0.1) is 0 Å². The lowest BCUT2D eigenvalue weighted by Gasteiger charge is -2.49.